The molecule has 1 aromatic carbocycles. The van der Waals surface area contributed by atoms with Crippen LogP contribution < -0.4 is 15.5 Å². The SMILES string of the molecule is CN1C(=O)CCc2cc(NC(=O)NCC(=O)O)ccc21. The van der Waals surface area contributed by atoms with Gasteiger partial charge in [-0.2, -0.15) is 0 Å². The highest BCUT2D eigenvalue weighted by molar-refractivity contribution is 5.97. The number of aryl methyl sites for hydroxylation is 1. The van der Waals surface area contributed by atoms with E-state index < -0.39 is 18.5 Å². The first-order valence-corrected chi connectivity index (χ1v) is 6.13. The molecular formula is C13H15N3O4. The Kier molecular flexibility index (Phi) is 3.88. The summed E-state index contributed by atoms with van der Waals surface area (Å²) >= 11 is 0. The molecule has 106 valence electrons. The summed E-state index contributed by atoms with van der Waals surface area (Å²) in [5, 5.41) is 13.2. The molecule has 0 atom stereocenters. The van der Waals surface area contributed by atoms with Crippen LogP contribution in [0.15, 0.2) is 18.2 Å². The summed E-state index contributed by atoms with van der Waals surface area (Å²) < 4.78 is 0. The number of carbonyl (C=O) groups is 3. The normalized spacial score (nSPS) is 13.7. The predicted octanol–water partition coefficient (Wildman–Crippen LogP) is 0.802. The monoisotopic (exact) mass is 277 g/mol. The number of nitrogens with one attached hydrogen (secondary N) is 2. The number of rotatable bonds is 3. The number of nitrogens with zero attached hydrogens (tertiary/aromatic N) is 1. The molecule has 0 saturated heterocycles. The van der Waals surface area contributed by atoms with Crippen molar-refractivity contribution in [2.24, 2.45) is 0 Å². The summed E-state index contributed by atoms with van der Waals surface area (Å²) in [6.45, 7) is -0.436. The zero-order valence-corrected chi connectivity index (χ0v) is 11.0. The van der Waals surface area contributed by atoms with Gasteiger partial charge in [-0.1, -0.05) is 0 Å². The fourth-order valence-corrected chi connectivity index (χ4v) is 2.07. The topological polar surface area (TPSA) is 98.7 Å². The molecule has 0 aromatic heterocycles. The molecule has 0 spiro atoms. The molecule has 1 aromatic rings. The van der Waals surface area contributed by atoms with Gasteiger partial charge in [-0.15, -0.1) is 0 Å². The van der Waals surface area contributed by atoms with Gasteiger partial charge in [0.05, 0.1) is 0 Å². The lowest BCUT2D eigenvalue weighted by Gasteiger charge is -2.26. The van der Waals surface area contributed by atoms with Crippen molar-refractivity contribution in [2.45, 2.75) is 12.8 Å². The summed E-state index contributed by atoms with van der Waals surface area (Å²) in [6.07, 6.45) is 1.07. The third-order valence-corrected chi connectivity index (χ3v) is 3.08. The Balaban J connectivity index is 2.06. The first kappa shape index (κ1) is 13.9. The summed E-state index contributed by atoms with van der Waals surface area (Å²) in [5.41, 5.74) is 2.37. The number of hydrogen-bond acceptors (Lipinski definition) is 3. The van der Waals surface area contributed by atoms with Gasteiger partial charge in [0.2, 0.25) is 5.91 Å². The van der Waals surface area contributed by atoms with Crippen LogP contribution in [0.4, 0.5) is 16.2 Å². The minimum absolute atomic E-state index is 0.0670. The lowest BCUT2D eigenvalue weighted by Crippen LogP contribution is -2.33. The maximum Gasteiger partial charge on any atom is 0.323 e. The first-order valence-electron chi connectivity index (χ1n) is 6.13. The molecule has 1 aliphatic heterocycles. The number of amides is 3. The first-order chi connectivity index (χ1) is 9.47. The van der Waals surface area contributed by atoms with Crippen LogP contribution in [-0.4, -0.2) is 36.6 Å². The Labute approximate surface area is 115 Å². The molecule has 0 unspecified atom stereocenters. The van der Waals surface area contributed by atoms with Gasteiger partial charge in [0.25, 0.3) is 0 Å². The maximum atomic E-state index is 11.6. The van der Waals surface area contributed by atoms with E-state index >= 15 is 0 Å². The van der Waals surface area contributed by atoms with Crippen LogP contribution in [0.1, 0.15) is 12.0 Å². The number of hydrogen-bond donors (Lipinski definition) is 3. The molecular weight excluding hydrogens is 262 g/mol. The number of carbonyl (C=O) groups excluding carboxylic acids is 2. The Bertz CT molecular complexity index is 571. The van der Waals surface area contributed by atoms with Gasteiger partial charge in [0, 0.05) is 24.8 Å². The third kappa shape index (κ3) is 3.05. The second-order valence-electron chi connectivity index (χ2n) is 4.50. The van der Waals surface area contributed by atoms with Crippen molar-refractivity contribution in [1.29, 1.82) is 0 Å². The Morgan fingerprint density at radius 2 is 2.10 bits per heavy atom. The number of carboxylic acids is 1. The minimum Gasteiger partial charge on any atom is -0.480 e. The number of aliphatic carboxylic acids is 1. The highest BCUT2D eigenvalue weighted by Gasteiger charge is 2.20. The second kappa shape index (κ2) is 5.60. The number of anilines is 2. The predicted molar refractivity (Wildman–Crippen MR) is 72.8 cm³/mol. The van der Waals surface area contributed by atoms with Gasteiger partial charge in [-0.25, -0.2) is 4.79 Å². The van der Waals surface area contributed by atoms with Crippen LogP contribution in [-0.2, 0) is 16.0 Å². The fourth-order valence-electron chi connectivity index (χ4n) is 2.07. The van der Waals surface area contributed by atoms with Crippen molar-refractivity contribution >= 4 is 29.3 Å². The Morgan fingerprint density at radius 1 is 1.35 bits per heavy atom. The molecule has 0 aliphatic carbocycles. The van der Waals surface area contributed by atoms with Crippen molar-refractivity contribution in [3.05, 3.63) is 23.8 Å². The van der Waals surface area contributed by atoms with E-state index in [-0.39, 0.29) is 5.91 Å². The largest absolute Gasteiger partial charge is 0.480 e. The van der Waals surface area contributed by atoms with Gasteiger partial charge < -0.3 is 20.6 Å². The van der Waals surface area contributed by atoms with E-state index in [2.05, 4.69) is 10.6 Å². The van der Waals surface area contributed by atoms with E-state index in [1.807, 2.05) is 0 Å². The van der Waals surface area contributed by atoms with Gasteiger partial charge in [-0.3, -0.25) is 9.59 Å². The van der Waals surface area contributed by atoms with E-state index in [4.69, 9.17) is 5.11 Å². The van der Waals surface area contributed by atoms with E-state index in [9.17, 15) is 14.4 Å². The summed E-state index contributed by atoms with van der Waals surface area (Å²) in [6, 6.07) is 4.65. The highest BCUT2D eigenvalue weighted by Crippen LogP contribution is 2.29. The molecule has 7 heteroatoms. The van der Waals surface area contributed by atoms with Crippen LogP contribution in [0.2, 0.25) is 0 Å². The maximum absolute atomic E-state index is 11.6. The van der Waals surface area contributed by atoms with E-state index in [1.54, 1.807) is 30.1 Å². The van der Waals surface area contributed by atoms with Crippen molar-refractivity contribution < 1.29 is 19.5 Å². The van der Waals surface area contributed by atoms with Crippen molar-refractivity contribution in [3.8, 4) is 0 Å². The van der Waals surface area contributed by atoms with Crippen LogP contribution in [0.3, 0.4) is 0 Å². The molecule has 0 bridgehead atoms. The quantitative estimate of drug-likeness (QED) is 0.761. The van der Waals surface area contributed by atoms with E-state index in [1.165, 1.54) is 0 Å². The molecule has 0 saturated carbocycles. The van der Waals surface area contributed by atoms with Crippen LogP contribution in [0.5, 0.6) is 0 Å². The smallest absolute Gasteiger partial charge is 0.323 e. The summed E-state index contributed by atoms with van der Waals surface area (Å²) in [5.74, 6) is -1.04. The minimum atomic E-state index is -1.11. The van der Waals surface area contributed by atoms with Gasteiger partial charge in [-0.05, 0) is 30.2 Å². The molecule has 0 fully saturated rings. The Morgan fingerprint density at radius 3 is 2.80 bits per heavy atom. The Hall–Kier alpha value is -2.57. The van der Waals surface area contributed by atoms with Crippen LogP contribution >= 0.6 is 0 Å². The number of benzene rings is 1. The lowest BCUT2D eigenvalue weighted by molar-refractivity contribution is -0.135. The van der Waals surface area contributed by atoms with Gasteiger partial charge in [0.15, 0.2) is 0 Å². The van der Waals surface area contributed by atoms with Gasteiger partial charge >= 0.3 is 12.0 Å². The summed E-state index contributed by atoms with van der Waals surface area (Å²) in [7, 11) is 1.72. The molecule has 20 heavy (non-hydrogen) atoms. The zero-order valence-electron chi connectivity index (χ0n) is 11.0. The molecule has 0 radical (unpaired) electrons. The molecule has 3 amide bonds. The fraction of sp³-hybridized carbons (Fsp3) is 0.308. The standard InChI is InChI=1S/C13H15N3O4/c1-16-10-4-3-9(6-8(10)2-5-11(16)17)15-13(20)14-7-12(18)19/h3-4,6H,2,5,7H2,1H3,(H,18,19)(H2,14,15,20). The third-order valence-electron chi connectivity index (χ3n) is 3.08. The number of carboxylic acid groups (broad SMARTS) is 1. The average Bonchev–Trinajstić information content (AvgIpc) is 2.41. The number of fused-ring (bicyclic) bond motifs is 1. The van der Waals surface area contributed by atoms with Crippen molar-refractivity contribution in [1.82, 2.24) is 5.32 Å². The highest BCUT2D eigenvalue weighted by atomic mass is 16.4. The average molecular weight is 277 g/mol. The molecule has 7 nitrogen and oxygen atoms in total. The zero-order chi connectivity index (χ0) is 14.7. The van der Waals surface area contributed by atoms with Gasteiger partial charge in [0.1, 0.15) is 6.54 Å². The lowest BCUT2D eigenvalue weighted by atomic mass is 10.0. The molecule has 2 rings (SSSR count). The molecule has 1 heterocycles. The van der Waals surface area contributed by atoms with Crippen molar-refractivity contribution in [2.75, 3.05) is 23.8 Å². The van der Waals surface area contributed by atoms with E-state index in [0.717, 1.165) is 11.3 Å². The van der Waals surface area contributed by atoms with E-state index in [0.29, 0.717) is 18.5 Å². The molecule has 3 N–H and O–H groups in total. The van der Waals surface area contributed by atoms with Crippen molar-refractivity contribution in [3.63, 3.8) is 0 Å². The number of urea groups is 1. The molecule has 1 aliphatic rings. The van der Waals surface area contributed by atoms with Crippen LogP contribution in [0, 0.1) is 0 Å². The van der Waals surface area contributed by atoms with Crippen LogP contribution in [0.25, 0.3) is 0 Å². The second-order valence-corrected chi connectivity index (χ2v) is 4.50. The summed E-state index contributed by atoms with van der Waals surface area (Å²) in [4.78, 5) is 34.9.